The van der Waals surface area contributed by atoms with Gasteiger partial charge in [0.05, 0.1) is 0 Å². The van der Waals surface area contributed by atoms with Gasteiger partial charge in [0.1, 0.15) is 0 Å². The predicted molar refractivity (Wildman–Crippen MR) is 97.4 cm³/mol. The molecule has 3 nitrogen and oxygen atoms in total. The van der Waals surface area contributed by atoms with Crippen LogP contribution in [0.25, 0.3) is 0 Å². The lowest BCUT2D eigenvalue weighted by Gasteiger charge is -2.41. The van der Waals surface area contributed by atoms with Crippen molar-refractivity contribution in [3.63, 3.8) is 0 Å². The molecule has 0 N–H and O–H groups in total. The standard InChI is InChI=1S/C19H28N2OS/c1-20-12-9-16(10-13-20)21-11-5-6-15(14-21)19(22)17-7-3-4-8-18(17)23-2/h3-4,7-8,15-16H,5-6,9-14H2,1-2H3/t15-/m1/s1. The molecule has 0 radical (unpaired) electrons. The molecule has 1 aromatic carbocycles. The molecule has 0 aliphatic carbocycles. The maximum atomic E-state index is 13.0. The van der Waals surface area contributed by atoms with Crippen LogP contribution < -0.4 is 0 Å². The molecule has 1 aromatic rings. The summed E-state index contributed by atoms with van der Waals surface area (Å²) in [5.41, 5.74) is 0.926. The van der Waals surface area contributed by atoms with E-state index in [1.54, 1.807) is 11.8 Å². The summed E-state index contributed by atoms with van der Waals surface area (Å²) in [7, 11) is 2.21. The SMILES string of the molecule is CSc1ccccc1C(=O)[C@@H]1CCCN(C2CCN(C)CC2)C1. The molecule has 2 saturated heterocycles. The molecular formula is C19H28N2OS. The van der Waals surface area contributed by atoms with E-state index in [0.717, 1.165) is 29.8 Å². The van der Waals surface area contributed by atoms with Crippen molar-refractivity contribution in [2.24, 2.45) is 5.92 Å². The van der Waals surface area contributed by atoms with Crippen molar-refractivity contribution in [2.45, 2.75) is 36.6 Å². The molecule has 2 fully saturated rings. The maximum absolute atomic E-state index is 13.0. The Kier molecular flexibility index (Phi) is 5.78. The number of carbonyl (C=O) groups is 1. The first-order valence-electron chi connectivity index (χ1n) is 8.79. The van der Waals surface area contributed by atoms with Crippen LogP contribution >= 0.6 is 11.8 Å². The van der Waals surface area contributed by atoms with Crippen LogP contribution in [0.15, 0.2) is 29.2 Å². The van der Waals surface area contributed by atoms with Gasteiger partial charge in [0.25, 0.3) is 0 Å². The van der Waals surface area contributed by atoms with Crippen LogP contribution in [0, 0.1) is 5.92 Å². The van der Waals surface area contributed by atoms with E-state index in [2.05, 4.69) is 29.2 Å². The van der Waals surface area contributed by atoms with Crippen LogP contribution in [0.5, 0.6) is 0 Å². The number of rotatable bonds is 4. The van der Waals surface area contributed by atoms with E-state index >= 15 is 0 Å². The van der Waals surface area contributed by atoms with Crippen LogP contribution in [0.2, 0.25) is 0 Å². The summed E-state index contributed by atoms with van der Waals surface area (Å²) in [6, 6.07) is 8.76. The zero-order chi connectivity index (χ0) is 16.2. The van der Waals surface area contributed by atoms with Crippen LogP contribution in [-0.4, -0.2) is 61.1 Å². The predicted octanol–water partition coefficient (Wildman–Crippen LogP) is 3.40. The molecule has 2 aliphatic heterocycles. The molecule has 0 spiro atoms. The van der Waals surface area contributed by atoms with Gasteiger partial charge in [0.2, 0.25) is 0 Å². The molecule has 23 heavy (non-hydrogen) atoms. The molecular weight excluding hydrogens is 304 g/mol. The second-order valence-electron chi connectivity index (χ2n) is 6.93. The highest BCUT2D eigenvalue weighted by molar-refractivity contribution is 7.98. The molecule has 0 saturated carbocycles. The van der Waals surface area contributed by atoms with Crippen LogP contribution in [0.1, 0.15) is 36.0 Å². The molecule has 126 valence electrons. The normalized spacial score (nSPS) is 24.7. The van der Waals surface area contributed by atoms with Gasteiger partial charge in [-0.3, -0.25) is 9.69 Å². The topological polar surface area (TPSA) is 23.6 Å². The number of piperidine rings is 2. The molecule has 2 aliphatic rings. The van der Waals surface area contributed by atoms with Crippen molar-refractivity contribution in [2.75, 3.05) is 39.5 Å². The van der Waals surface area contributed by atoms with Crippen molar-refractivity contribution in [3.05, 3.63) is 29.8 Å². The van der Waals surface area contributed by atoms with E-state index in [0.29, 0.717) is 11.8 Å². The average Bonchev–Trinajstić information content (AvgIpc) is 2.62. The van der Waals surface area contributed by atoms with E-state index in [1.165, 1.54) is 32.5 Å². The summed E-state index contributed by atoms with van der Waals surface area (Å²) in [6.45, 7) is 4.50. The summed E-state index contributed by atoms with van der Waals surface area (Å²) >= 11 is 1.68. The Labute approximate surface area is 144 Å². The van der Waals surface area contributed by atoms with E-state index in [9.17, 15) is 4.79 Å². The second-order valence-corrected chi connectivity index (χ2v) is 7.78. The molecule has 2 heterocycles. The van der Waals surface area contributed by atoms with Crippen molar-refractivity contribution >= 4 is 17.5 Å². The number of hydrogen-bond donors (Lipinski definition) is 0. The summed E-state index contributed by atoms with van der Waals surface area (Å²) in [5.74, 6) is 0.532. The van der Waals surface area contributed by atoms with Crippen LogP contribution in [0.4, 0.5) is 0 Å². The Morgan fingerprint density at radius 3 is 2.61 bits per heavy atom. The van der Waals surface area contributed by atoms with Crippen molar-refractivity contribution in [3.8, 4) is 0 Å². The average molecular weight is 333 g/mol. The number of benzene rings is 1. The number of hydrogen-bond acceptors (Lipinski definition) is 4. The lowest BCUT2D eigenvalue weighted by atomic mass is 9.88. The minimum Gasteiger partial charge on any atom is -0.306 e. The number of likely N-dealkylation sites (tertiary alicyclic amines) is 2. The third kappa shape index (κ3) is 3.98. The fraction of sp³-hybridized carbons (Fsp3) is 0.632. The zero-order valence-electron chi connectivity index (χ0n) is 14.3. The van der Waals surface area contributed by atoms with Gasteiger partial charge in [0.15, 0.2) is 5.78 Å². The monoisotopic (exact) mass is 332 g/mol. The lowest BCUT2D eigenvalue weighted by Crippen LogP contribution is -2.48. The summed E-state index contributed by atoms with van der Waals surface area (Å²) in [5, 5.41) is 0. The first kappa shape index (κ1) is 17.0. The molecule has 1 atom stereocenters. The fourth-order valence-corrected chi connectivity index (χ4v) is 4.58. The van der Waals surface area contributed by atoms with Gasteiger partial charge in [-0.15, -0.1) is 11.8 Å². The van der Waals surface area contributed by atoms with E-state index in [4.69, 9.17) is 0 Å². The summed E-state index contributed by atoms with van der Waals surface area (Å²) < 4.78 is 0. The second kappa shape index (κ2) is 7.82. The Morgan fingerprint density at radius 1 is 1.13 bits per heavy atom. The smallest absolute Gasteiger partial charge is 0.168 e. The Balaban J connectivity index is 1.67. The first-order chi connectivity index (χ1) is 11.2. The highest BCUT2D eigenvalue weighted by Gasteiger charge is 2.32. The molecule has 0 bridgehead atoms. The third-order valence-electron chi connectivity index (χ3n) is 5.40. The highest BCUT2D eigenvalue weighted by atomic mass is 32.2. The molecule has 0 aromatic heterocycles. The number of ketones is 1. The van der Waals surface area contributed by atoms with E-state index in [1.807, 2.05) is 18.2 Å². The minimum atomic E-state index is 0.178. The van der Waals surface area contributed by atoms with Crippen LogP contribution in [0.3, 0.4) is 0 Å². The van der Waals surface area contributed by atoms with Crippen LogP contribution in [-0.2, 0) is 0 Å². The van der Waals surface area contributed by atoms with E-state index < -0.39 is 0 Å². The number of thioether (sulfide) groups is 1. The highest BCUT2D eigenvalue weighted by Crippen LogP contribution is 2.29. The third-order valence-corrected chi connectivity index (χ3v) is 6.20. The number of Topliss-reactive ketones (excluding diaryl/α,β-unsaturated/α-hetero) is 1. The Bertz CT molecular complexity index is 540. The van der Waals surface area contributed by atoms with Gasteiger partial charge >= 0.3 is 0 Å². The zero-order valence-corrected chi connectivity index (χ0v) is 15.1. The van der Waals surface area contributed by atoms with Crippen molar-refractivity contribution in [1.29, 1.82) is 0 Å². The molecule has 4 heteroatoms. The van der Waals surface area contributed by atoms with Gasteiger partial charge in [-0.05, 0) is 64.7 Å². The largest absolute Gasteiger partial charge is 0.306 e. The Hall–Kier alpha value is -0.840. The van der Waals surface area contributed by atoms with E-state index in [-0.39, 0.29) is 5.92 Å². The van der Waals surface area contributed by atoms with Gasteiger partial charge < -0.3 is 4.90 Å². The first-order valence-corrected chi connectivity index (χ1v) is 10.0. The quantitative estimate of drug-likeness (QED) is 0.623. The molecule has 3 rings (SSSR count). The van der Waals surface area contributed by atoms with Crippen molar-refractivity contribution in [1.82, 2.24) is 9.80 Å². The molecule has 0 amide bonds. The number of nitrogens with zero attached hydrogens (tertiary/aromatic N) is 2. The van der Waals surface area contributed by atoms with Gasteiger partial charge in [-0.1, -0.05) is 18.2 Å². The Morgan fingerprint density at radius 2 is 1.87 bits per heavy atom. The number of carbonyl (C=O) groups excluding carboxylic acids is 1. The fourth-order valence-electron chi connectivity index (χ4n) is 3.98. The summed E-state index contributed by atoms with van der Waals surface area (Å²) in [6.07, 6.45) is 6.75. The van der Waals surface area contributed by atoms with Crippen molar-refractivity contribution < 1.29 is 4.79 Å². The lowest BCUT2D eigenvalue weighted by molar-refractivity contribution is 0.0628. The van der Waals surface area contributed by atoms with Gasteiger partial charge in [-0.25, -0.2) is 0 Å². The minimum absolute atomic E-state index is 0.178. The van der Waals surface area contributed by atoms with Gasteiger partial charge in [0, 0.05) is 29.0 Å². The van der Waals surface area contributed by atoms with Gasteiger partial charge in [-0.2, -0.15) is 0 Å². The molecule has 0 unspecified atom stereocenters. The maximum Gasteiger partial charge on any atom is 0.168 e. The summed E-state index contributed by atoms with van der Waals surface area (Å²) in [4.78, 5) is 19.1.